The third-order valence-corrected chi connectivity index (χ3v) is 4.81. The molecule has 0 saturated heterocycles. The van der Waals surface area contributed by atoms with Crippen LogP contribution in [0.5, 0.6) is 0 Å². The molecule has 1 N–H and O–H groups in total. The Balaban J connectivity index is 1.48. The van der Waals surface area contributed by atoms with Crippen LogP contribution in [0, 0.1) is 5.82 Å². The average Bonchev–Trinajstić information content (AvgIpc) is 2.70. The Morgan fingerprint density at radius 3 is 2.58 bits per heavy atom. The minimum absolute atomic E-state index is 0.225. The van der Waals surface area contributed by atoms with Crippen molar-refractivity contribution in [1.29, 1.82) is 0 Å². The minimum atomic E-state index is -0.225. The lowest BCUT2D eigenvalue weighted by atomic mass is 9.92. The summed E-state index contributed by atoms with van der Waals surface area (Å²) in [5, 5.41) is 3.59. The first kappa shape index (κ1) is 16.7. The molecule has 2 nitrogen and oxygen atoms in total. The van der Waals surface area contributed by atoms with Crippen molar-refractivity contribution in [2.24, 2.45) is 0 Å². The van der Waals surface area contributed by atoms with Crippen LogP contribution in [-0.2, 0) is 6.42 Å². The number of hydrogen-bond acceptors (Lipinski definition) is 2. The molecular weight excluding hydrogens is 323 g/mol. The lowest BCUT2D eigenvalue weighted by Gasteiger charge is -2.25. The van der Waals surface area contributed by atoms with E-state index in [-0.39, 0.29) is 5.82 Å². The molecule has 3 heteroatoms. The number of halogens is 1. The molecule has 26 heavy (non-hydrogen) atoms. The standard InChI is InChI=1S/C23H21FN2/c24-21-8-6-19(7-9-21)23-15-17(10-12-26-23)14-22-16-20(11-13-25-22)18-4-2-1-3-5-18/h1-12,15,22,25H,13-14,16H2. The Bertz CT molecular complexity index is 901. The molecule has 2 aromatic carbocycles. The number of aromatic nitrogens is 1. The molecule has 1 aromatic heterocycles. The van der Waals surface area contributed by atoms with Gasteiger partial charge in [0.2, 0.25) is 0 Å². The van der Waals surface area contributed by atoms with Gasteiger partial charge in [-0.2, -0.15) is 0 Å². The maximum absolute atomic E-state index is 13.1. The summed E-state index contributed by atoms with van der Waals surface area (Å²) in [6.07, 6.45) is 6.08. The molecule has 2 heterocycles. The molecule has 3 aromatic rings. The van der Waals surface area contributed by atoms with Crippen LogP contribution in [0.3, 0.4) is 0 Å². The van der Waals surface area contributed by atoms with E-state index >= 15 is 0 Å². The van der Waals surface area contributed by atoms with Gasteiger partial charge in [0.15, 0.2) is 0 Å². The van der Waals surface area contributed by atoms with E-state index in [1.807, 2.05) is 6.20 Å². The Morgan fingerprint density at radius 2 is 1.77 bits per heavy atom. The molecule has 130 valence electrons. The van der Waals surface area contributed by atoms with Crippen LogP contribution in [0.2, 0.25) is 0 Å². The molecular formula is C23H21FN2. The first-order valence-electron chi connectivity index (χ1n) is 8.96. The molecule has 0 amide bonds. The highest BCUT2D eigenvalue weighted by atomic mass is 19.1. The zero-order valence-electron chi connectivity index (χ0n) is 14.5. The Labute approximate surface area is 153 Å². The molecule has 1 atom stereocenters. The summed E-state index contributed by atoms with van der Waals surface area (Å²) in [5.74, 6) is -0.225. The van der Waals surface area contributed by atoms with Gasteiger partial charge >= 0.3 is 0 Å². The van der Waals surface area contributed by atoms with Crippen LogP contribution < -0.4 is 5.32 Å². The molecule has 0 radical (unpaired) electrons. The second-order valence-electron chi connectivity index (χ2n) is 6.67. The van der Waals surface area contributed by atoms with Crippen LogP contribution in [-0.4, -0.2) is 17.6 Å². The number of nitrogens with one attached hydrogen (secondary N) is 1. The summed E-state index contributed by atoms with van der Waals surface area (Å²) in [4.78, 5) is 4.44. The van der Waals surface area contributed by atoms with Crippen molar-refractivity contribution in [1.82, 2.24) is 10.3 Å². The van der Waals surface area contributed by atoms with Crippen LogP contribution in [0.4, 0.5) is 4.39 Å². The van der Waals surface area contributed by atoms with Gasteiger partial charge in [0, 0.05) is 24.3 Å². The molecule has 0 fully saturated rings. The lowest BCUT2D eigenvalue weighted by Crippen LogP contribution is -2.34. The highest BCUT2D eigenvalue weighted by Gasteiger charge is 2.16. The smallest absolute Gasteiger partial charge is 0.123 e. The van der Waals surface area contributed by atoms with Crippen molar-refractivity contribution >= 4 is 5.57 Å². The number of nitrogens with zero attached hydrogens (tertiary/aromatic N) is 1. The summed E-state index contributed by atoms with van der Waals surface area (Å²) >= 11 is 0. The fraction of sp³-hybridized carbons (Fsp3) is 0.174. The van der Waals surface area contributed by atoms with E-state index in [4.69, 9.17) is 0 Å². The highest BCUT2D eigenvalue weighted by molar-refractivity contribution is 5.67. The fourth-order valence-corrected chi connectivity index (χ4v) is 3.47. The van der Waals surface area contributed by atoms with Crippen LogP contribution >= 0.6 is 0 Å². The Morgan fingerprint density at radius 1 is 0.962 bits per heavy atom. The molecule has 1 unspecified atom stereocenters. The van der Waals surface area contributed by atoms with Gasteiger partial charge in [-0.25, -0.2) is 4.39 Å². The normalized spacial score (nSPS) is 17.0. The first-order valence-corrected chi connectivity index (χ1v) is 8.96. The summed E-state index contributed by atoms with van der Waals surface area (Å²) in [7, 11) is 0. The average molecular weight is 344 g/mol. The summed E-state index contributed by atoms with van der Waals surface area (Å²) in [6.45, 7) is 0.894. The molecule has 4 rings (SSSR count). The van der Waals surface area contributed by atoms with E-state index in [0.29, 0.717) is 6.04 Å². The monoisotopic (exact) mass is 344 g/mol. The molecule has 0 spiro atoms. The Kier molecular flexibility index (Phi) is 4.89. The molecule has 0 bridgehead atoms. The van der Waals surface area contributed by atoms with Gasteiger partial charge in [-0.3, -0.25) is 4.98 Å². The summed E-state index contributed by atoms with van der Waals surface area (Å²) < 4.78 is 13.1. The lowest BCUT2D eigenvalue weighted by molar-refractivity contribution is 0.533. The van der Waals surface area contributed by atoms with Gasteiger partial charge in [0.1, 0.15) is 5.82 Å². The topological polar surface area (TPSA) is 24.9 Å². The Hall–Kier alpha value is -2.78. The van der Waals surface area contributed by atoms with E-state index in [0.717, 1.165) is 30.6 Å². The summed E-state index contributed by atoms with van der Waals surface area (Å²) in [5.41, 5.74) is 5.78. The quantitative estimate of drug-likeness (QED) is 0.730. The van der Waals surface area contributed by atoms with Gasteiger partial charge in [0.25, 0.3) is 0 Å². The molecule has 1 aliphatic rings. The number of rotatable bonds is 4. The van der Waals surface area contributed by atoms with Gasteiger partial charge in [0.05, 0.1) is 5.69 Å². The van der Waals surface area contributed by atoms with Crippen LogP contribution in [0.15, 0.2) is 79.0 Å². The van der Waals surface area contributed by atoms with E-state index in [2.05, 4.69) is 58.8 Å². The number of benzene rings is 2. The van der Waals surface area contributed by atoms with Crippen molar-refractivity contribution in [2.75, 3.05) is 6.54 Å². The third-order valence-electron chi connectivity index (χ3n) is 4.81. The van der Waals surface area contributed by atoms with E-state index in [1.165, 1.54) is 28.8 Å². The van der Waals surface area contributed by atoms with E-state index in [9.17, 15) is 4.39 Å². The van der Waals surface area contributed by atoms with Crippen molar-refractivity contribution in [3.63, 3.8) is 0 Å². The van der Waals surface area contributed by atoms with E-state index in [1.54, 1.807) is 12.1 Å². The van der Waals surface area contributed by atoms with E-state index < -0.39 is 0 Å². The number of hydrogen-bond donors (Lipinski definition) is 1. The largest absolute Gasteiger partial charge is 0.310 e. The summed E-state index contributed by atoms with van der Waals surface area (Å²) in [6, 6.07) is 21.6. The van der Waals surface area contributed by atoms with Gasteiger partial charge < -0.3 is 5.32 Å². The van der Waals surface area contributed by atoms with Crippen molar-refractivity contribution in [3.8, 4) is 11.3 Å². The van der Waals surface area contributed by atoms with Crippen molar-refractivity contribution < 1.29 is 4.39 Å². The molecule has 0 aliphatic carbocycles. The predicted octanol–water partition coefficient (Wildman–Crippen LogP) is 4.88. The SMILES string of the molecule is Fc1ccc(-c2cc(CC3CC(c4ccccc4)=CCN3)ccn2)cc1. The van der Waals surface area contributed by atoms with Crippen molar-refractivity contribution in [2.45, 2.75) is 18.9 Å². The second-order valence-corrected chi connectivity index (χ2v) is 6.67. The van der Waals surface area contributed by atoms with Crippen LogP contribution in [0.25, 0.3) is 16.8 Å². The highest BCUT2D eigenvalue weighted by Crippen LogP contribution is 2.25. The second kappa shape index (κ2) is 7.63. The zero-order valence-corrected chi connectivity index (χ0v) is 14.5. The number of pyridine rings is 1. The fourth-order valence-electron chi connectivity index (χ4n) is 3.47. The van der Waals surface area contributed by atoms with Gasteiger partial charge in [-0.1, -0.05) is 36.4 Å². The third kappa shape index (κ3) is 3.89. The van der Waals surface area contributed by atoms with Gasteiger partial charge in [-0.05, 0) is 65.9 Å². The van der Waals surface area contributed by atoms with Crippen LogP contribution in [0.1, 0.15) is 17.5 Å². The van der Waals surface area contributed by atoms with Crippen molar-refractivity contribution in [3.05, 3.63) is 95.9 Å². The zero-order chi connectivity index (χ0) is 17.8. The minimum Gasteiger partial charge on any atom is -0.310 e. The molecule has 1 aliphatic heterocycles. The first-order chi connectivity index (χ1) is 12.8. The maximum Gasteiger partial charge on any atom is 0.123 e. The predicted molar refractivity (Wildman–Crippen MR) is 104 cm³/mol. The molecule has 0 saturated carbocycles. The maximum atomic E-state index is 13.1. The van der Waals surface area contributed by atoms with Gasteiger partial charge in [-0.15, -0.1) is 0 Å².